The average molecular weight is 380 g/mol. The van der Waals surface area contributed by atoms with E-state index in [4.69, 9.17) is 4.74 Å². The summed E-state index contributed by atoms with van der Waals surface area (Å²) in [5.41, 5.74) is -0.343. The highest BCUT2D eigenvalue weighted by Crippen LogP contribution is 2.31. The van der Waals surface area contributed by atoms with Gasteiger partial charge >= 0.3 is 5.97 Å². The van der Waals surface area contributed by atoms with Crippen LogP contribution < -0.4 is 0 Å². The molecule has 6 heteroatoms. The van der Waals surface area contributed by atoms with Crippen LogP contribution in [0.2, 0.25) is 0 Å². The molecule has 1 aliphatic carbocycles. The van der Waals surface area contributed by atoms with Crippen molar-refractivity contribution in [2.45, 2.75) is 13.1 Å². The van der Waals surface area contributed by atoms with Crippen LogP contribution >= 0.6 is 22.6 Å². The zero-order valence-corrected chi connectivity index (χ0v) is 12.8. The van der Waals surface area contributed by atoms with Gasteiger partial charge in [0.05, 0.1) is 28.8 Å². The van der Waals surface area contributed by atoms with Crippen molar-refractivity contribution in [3.8, 4) is 0 Å². The highest BCUT2D eigenvalue weighted by Gasteiger charge is 2.33. The molecule has 0 aliphatic heterocycles. The van der Waals surface area contributed by atoms with Crippen LogP contribution in [0.25, 0.3) is 0 Å². The lowest BCUT2D eigenvalue weighted by Gasteiger charge is -2.21. The first kappa shape index (κ1) is 15.9. The Bertz CT molecular complexity index is 467. The molecule has 104 valence electrons. The molecule has 0 spiro atoms. The molecule has 0 heterocycles. The van der Waals surface area contributed by atoms with Crippen molar-refractivity contribution in [1.82, 2.24) is 0 Å². The number of halogens is 2. The van der Waals surface area contributed by atoms with Gasteiger partial charge in [0.25, 0.3) is 0 Å². The Balaban J connectivity index is 2.88. The predicted octanol–water partition coefficient (Wildman–Crippen LogP) is 2.49. The van der Waals surface area contributed by atoms with Gasteiger partial charge in [0.15, 0.2) is 5.78 Å². The average Bonchev–Trinajstić information content (AvgIpc) is 2.39. The van der Waals surface area contributed by atoms with Crippen LogP contribution in [0.5, 0.6) is 0 Å². The second-order valence-electron chi connectivity index (χ2n) is 3.78. The van der Waals surface area contributed by atoms with Gasteiger partial charge in [0.1, 0.15) is 11.9 Å². The largest absolute Gasteiger partial charge is 0.496 e. The highest BCUT2D eigenvalue weighted by atomic mass is 127. The number of esters is 1. The van der Waals surface area contributed by atoms with Crippen molar-refractivity contribution in [3.63, 3.8) is 0 Å². The molecule has 0 N–H and O–H groups in total. The quantitative estimate of drug-likeness (QED) is 0.242. The fourth-order valence-electron chi connectivity index (χ4n) is 1.57. The third kappa shape index (κ3) is 3.65. The first-order valence-corrected chi connectivity index (χ1v) is 6.68. The second kappa shape index (κ2) is 6.83. The van der Waals surface area contributed by atoms with Gasteiger partial charge in [0.2, 0.25) is 0 Å². The first-order chi connectivity index (χ1) is 8.92. The molecule has 0 aromatic heterocycles. The fourth-order valence-corrected chi connectivity index (χ4v) is 2.35. The Kier molecular flexibility index (Phi) is 5.71. The van der Waals surface area contributed by atoms with Crippen LogP contribution in [0.3, 0.4) is 0 Å². The van der Waals surface area contributed by atoms with E-state index in [0.29, 0.717) is 9.34 Å². The number of hydrogen-bond acceptors (Lipinski definition) is 4. The third-order valence-corrected chi connectivity index (χ3v) is 3.45. The number of carbonyl (C=O) groups is 2. The Morgan fingerprint density at radius 2 is 2.11 bits per heavy atom. The number of hydrogen-bond donors (Lipinski definition) is 0. The van der Waals surface area contributed by atoms with Crippen molar-refractivity contribution in [2.24, 2.45) is 5.92 Å². The summed E-state index contributed by atoms with van der Waals surface area (Å²) in [5.74, 6) is -2.18. The summed E-state index contributed by atoms with van der Waals surface area (Å²) >= 11 is 1.94. The van der Waals surface area contributed by atoms with E-state index in [1.54, 1.807) is 6.92 Å². The van der Waals surface area contributed by atoms with Gasteiger partial charge in [-0.2, -0.15) is 0 Å². The molecule has 0 saturated heterocycles. The van der Waals surface area contributed by atoms with Crippen LogP contribution in [0.4, 0.5) is 4.39 Å². The summed E-state index contributed by atoms with van der Waals surface area (Å²) in [7, 11) is 1.42. The predicted molar refractivity (Wildman–Crippen MR) is 76.4 cm³/mol. The van der Waals surface area contributed by atoms with Crippen LogP contribution in [0.1, 0.15) is 6.92 Å². The van der Waals surface area contributed by atoms with Crippen LogP contribution in [-0.4, -0.2) is 31.6 Å². The minimum Gasteiger partial charge on any atom is -0.496 e. The Hall–Kier alpha value is -1.18. The number of ketones is 1. The van der Waals surface area contributed by atoms with E-state index in [0.717, 1.165) is 0 Å². The summed E-state index contributed by atoms with van der Waals surface area (Å²) < 4.78 is 24.2. The summed E-state index contributed by atoms with van der Waals surface area (Å²) in [6.07, 6.45) is 1.09. The maximum absolute atomic E-state index is 13.9. The van der Waals surface area contributed by atoms with E-state index in [9.17, 15) is 14.0 Å². The zero-order chi connectivity index (χ0) is 14.6. The minimum atomic E-state index is -1.55. The molecule has 0 fully saturated rings. The molecule has 1 rings (SSSR count). The lowest BCUT2D eigenvalue weighted by molar-refractivity contribution is -0.140. The van der Waals surface area contributed by atoms with E-state index < -0.39 is 23.8 Å². The zero-order valence-electron chi connectivity index (χ0n) is 10.6. The molecule has 0 aromatic carbocycles. The smallest absolute Gasteiger partial charge is 0.341 e. The maximum atomic E-state index is 13.9. The number of alkyl halides is 1. The van der Waals surface area contributed by atoms with Crippen molar-refractivity contribution in [2.75, 3.05) is 13.7 Å². The van der Waals surface area contributed by atoms with E-state index in [1.807, 2.05) is 22.6 Å². The molecule has 0 bridgehead atoms. The standard InChI is InChI=1S/C13H14FIO4/c1-4-19-13(17)7(2)12(16)8-5-10(15)11(18-3)6-9(8)14/h5-6,8-9H,2,4H2,1,3H3. The second-order valence-corrected chi connectivity index (χ2v) is 4.95. The lowest BCUT2D eigenvalue weighted by atomic mass is 9.90. The number of ether oxygens (including phenoxy) is 2. The maximum Gasteiger partial charge on any atom is 0.341 e. The van der Waals surface area contributed by atoms with E-state index in [1.165, 1.54) is 19.3 Å². The Morgan fingerprint density at radius 1 is 1.47 bits per heavy atom. The first-order valence-electron chi connectivity index (χ1n) is 5.60. The van der Waals surface area contributed by atoms with Gasteiger partial charge < -0.3 is 9.47 Å². The van der Waals surface area contributed by atoms with Crippen molar-refractivity contribution in [1.29, 1.82) is 0 Å². The number of Topliss-reactive ketones (excluding diaryl/α,β-unsaturated/α-hetero) is 1. The fraction of sp³-hybridized carbons (Fsp3) is 0.385. The number of rotatable bonds is 5. The van der Waals surface area contributed by atoms with Crippen LogP contribution in [-0.2, 0) is 19.1 Å². The molecule has 1 aliphatic rings. The minimum absolute atomic E-state index is 0.135. The van der Waals surface area contributed by atoms with Gasteiger partial charge in [-0.15, -0.1) is 0 Å². The SMILES string of the molecule is C=C(C(=O)OCC)C(=O)C1C=C(I)C(OC)=CC1F. The van der Waals surface area contributed by atoms with Gasteiger partial charge in [0, 0.05) is 0 Å². The van der Waals surface area contributed by atoms with Crippen LogP contribution in [0.15, 0.2) is 33.6 Å². The molecular formula is C13H14FIO4. The van der Waals surface area contributed by atoms with Gasteiger partial charge in [-0.1, -0.05) is 12.7 Å². The number of methoxy groups -OCH3 is 1. The number of carbonyl (C=O) groups excluding carboxylic acids is 2. The van der Waals surface area contributed by atoms with E-state index >= 15 is 0 Å². The van der Waals surface area contributed by atoms with E-state index in [2.05, 4.69) is 11.3 Å². The summed E-state index contributed by atoms with van der Waals surface area (Å²) in [4.78, 5) is 23.4. The molecular weight excluding hydrogens is 366 g/mol. The lowest BCUT2D eigenvalue weighted by Crippen LogP contribution is -2.29. The Morgan fingerprint density at radius 3 is 2.63 bits per heavy atom. The Labute approximate surface area is 124 Å². The van der Waals surface area contributed by atoms with Gasteiger partial charge in [-0.05, 0) is 35.6 Å². The topological polar surface area (TPSA) is 52.6 Å². The molecule has 4 nitrogen and oxygen atoms in total. The van der Waals surface area contributed by atoms with Crippen molar-refractivity contribution >= 4 is 34.3 Å². The molecule has 0 radical (unpaired) electrons. The molecule has 0 aromatic rings. The highest BCUT2D eigenvalue weighted by molar-refractivity contribution is 14.1. The molecule has 2 unspecified atom stereocenters. The number of allylic oxidation sites excluding steroid dienone is 3. The molecule has 0 amide bonds. The molecule has 0 saturated carbocycles. The molecule has 19 heavy (non-hydrogen) atoms. The third-order valence-electron chi connectivity index (χ3n) is 2.56. The van der Waals surface area contributed by atoms with Crippen LogP contribution in [0, 0.1) is 5.92 Å². The van der Waals surface area contributed by atoms with Crippen molar-refractivity contribution < 1.29 is 23.5 Å². The van der Waals surface area contributed by atoms with E-state index in [-0.39, 0.29) is 12.2 Å². The van der Waals surface area contributed by atoms with Crippen molar-refractivity contribution in [3.05, 3.63) is 33.6 Å². The van der Waals surface area contributed by atoms with Gasteiger partial charge in [-0.3, -0.25) is 4.79 Å². The normalized spacial score (nSPS) is 22.1. The summed E-state index contributed by atoms with van der Waals surface area (Å²) in [5, 5.41) is 0. The summed E-state index contributed by atoms with van der Waals surface area (Å²) in [6.45, 7) is 5.12. The monoisotopic (exact) mass is 380 g/mol. The molecule has 2 atom stereocenters. The summed E-state index contributed by atoms with van der Waals surface area (Å²) in [6, 6.07) is 0. The van der Waals surface area contributed by atoms with Gasteiger partial charge in [-0.25, -0.2) is 9.18 Å².